The Labute approximate surface area is 261 Å². The Hall–Kier alpha value is -2.25. The van der Waals surface area contributed by atoms with Gasteiger partial charge in [0, 0.05) is 30.8 Å². The van der Waals surface area contributed by atoms with Gasteiger partial charge in [-0.2, -0.15) is 0 Å². The van der Waals surface area contributed by atoms with Crippen LogP contribution in [0.1, 0.15) is 109 Å². The molecule has 2 aromatic rings. The lowest BCUT2D eigenvalue weighted by atomic mass is 10.0. The minimum Gasteiger partial charge on any atom is -0.447 e. The fourth-order valence-electron chi connectivity index (χ4n) is 4.82. The number of unbranched alkanes of at least 4 members (excludes halogenated alkanes) is 13. The number of alkyl carbamates (subject to hydrolysis) is 1. The van der Waals surface area contributed by atoms with Gasteiger partial charge in [-0.25, -0.2) is 9.36 Å². The monoisotopic (exact) mass is 619 g/mol. The van der Waals surface area contributed by atoms with E-state index in [4.69, 9.17) is 18.5 Å². The maximum atomic E-state index is 12.1. The highest BCUT2D eigenvalue weighted by molar-refractivity contribution is 7.41. The van der Waals surface area contributed by atoms with E-state index in [0.717, 1.165) is 18.4 Å². The summed E-state index contributed by atoms with van der Waals surface area (Å²) < 4.78 is 24.1. The van der Waals surface area contributed by atoms with E-state index < -0.39 is 20.8 Å². The quantitative estimate of drug-likeness (QED) is 0.0626. The number of rotatable bonds is 26. The van der Waals surface area contributed by atoms with Crippen molar-refractivity contribution in [3.05, 3.63) is 60.4 Å². The number of aromatic nitrogens is 1. The first-order chi connectivity index (χ1) is 21.1. The molecule has 43 heavy (non-hydrogen) atoms. The molecule has 2 rings (SSSR count). The minimum atomic E-state index is -2.17. The summed E-state index contributed by atoms with van der Waals surface area (Å²) in [5.41, 5.74) is 1.04. The zero-order chi connectivity index (χ0) is 30.8. The molecule has 0 saturated heterocycles. The largest absolute Gasteiger partial charge is 0.447 e. The standard InChI is InChI=1S/C34H55N2O6P/c1-3-5-6-7-8-9-10-11-12-13-14-15-16-18-24-35-34(37)40-29-33(39-4-2)30-41-43(38)42-32-23-21-22-31(27-32)28-36-25-19-17-20-26-36/h17,19-23,25-27,33,38H,3-16,18,24,28-30H2,1-2H3/p+1. The number of nitrogens with zero attached hydrogens (tertiary/aromatic N) is 1. The van der Waals surface area contributed by atoms with Gasteiger partial charge in [0.05, 0.1) is 6.61 Å². The Morgan fingerprint density at radius 2 is 1.47 bits per heavy atom. The molecule has 0 fully saturated rings. The van der Waals surface area contributed by atoms with Crippen LogP contribution in [0.3, 0.4) is 0 Å². The normalized spacial score (nSPS) is 12.5. The van der Waals surface area contributed by atoms with Crippen molar-refractivity contribution in [2.24, 2.45) is 0 Å². The van der Waals surface area contributed by atoms with Gasteiger partial charge in [0.2, 0.25) is 0 Å². The summed E-state index contributed by atoms with van der Waals surface area (Å²) in [6, 6.07) is 13.5. The predicted molar refractivity (Wildman–Crippen MR) is 173 cm³/mol. The van der Waals surface area contributed by atoms with E-state index in [2.05, 4.69) is 16.8 Å². The van der Waals surface area contributed by atoms with Gasteiger partial charge in [-0.15, -0.1) is 0 Å². The number of benzene rings is 1. The van der Waals surface area contributed by atoms with Gasteiger partial charge in [0.1, 0.15) is 18.5 Å². The Kier molecular flexibility index (Phi) is 21.6. The molecular weight excluding hydrogens is 563 g/mol. The molecular formula is C34H56N2O6P+. The summed E-state index contributed by atoms with van der Waals surface area (Å²) in [5, 5.41) is 2.81. The summed E-state index contributed by atoms with van der Waals surface area (Å²) in [4.78, 5) is 22.4. The van der Waals surface area contributed by atoms with E-state index in [0.29, 0.717) is 25.4 Å². The van der Waals surface area contributed by atoms with Gasteiger partial charge in [0.15, 0.2) is 18.9 Å². The molecule has 0 aliphatic rings. The van der Waals surface area contributed by atoms with Crippen LogP contribution in [0.15, 0.2) is 54.9 Å². The molecule has 0 saturated carbocycles. The predicted octanol–water partition coefficient (Wildman–Crippen LogP) is 8.25. The number of ether oxygens (including phenoxy) is 2. The molecule has 2 atom stereocenters. The zero-order valence-electron chi connectivity index (χ0n) is 26.6. The van der Waals surface area contributed by atoms with Crippen LogP contribution in [-0.4, -0.2) is 43.5 Å². The third-order valence-corrected chi connectivity index (χ3v) is 7.93. The van der Waals surface area contributed by atoms with E-state index in [-0.39, 0.29) is 13.2 Å². The van der Waals surface area contributed by atoms with Crippen molar-refractivity contribution in [2.45, 2.75) is 116 Å². The first-order valence-corrected chi connectivity index (χ1v) is 17.6. The van der Waals surface area contributed by atoms with E-state index in [1.54, 1.807) is 6.07 Å². The molecule has 2 N–H and O–H groups in total. The average Bonchev–Trinajstić information content (AvgIpc) is 3.01. The fourth-order valence-corrected chi connectivity index (χ4v) is 5.46. The van der Waals surface area contributed by atoms with Gasteiger partial charge < -0.3 is 24.2 Å². The maximum Gasteiger partial charge on any atom is 0.407 e. The first-order valence-electron chi connectivity index (χ1n) is 16.5. The third-order valence-electron chi connectivity index (χ3n) is 7.20. The Morgan fingerprint density at radius 1 is 0.837 bits per heavy atom. The summed E-state index contributed by atoms with van der Waals surface area (Å²) in [6.45, 7) is 5.92. The van der Waals surface area contributed by atoms with Gasteiger partial charge >= 0.3 is 14.7 Å². The number of nitrogens with one attached hydrogen (secondary N) is 1. The Morgan fingerprint density at radius 3 is 2.09 bits per heavy atom. The molecule has 242 valence electrons. The van der Waals surface area contributed by atoms with Crippen molar-refractivity contribution in [1.82, 2.24) is 5.32 Å². The molecule has 1 heterocycles. The van der Waals surface area contributed by atoms with E-state index in [1.165, 1.54) is 77.0 Å². The Bertz CT molecular complexity index is 951. The highest BCUT2D eigenvalue weighted by Gasteiger charge is 2.17. The molecule has 0 aliphatic carbocycles. The second-order valence-corrected chi connectivity index (χ2v) is 11.9. The van der Waals surface area contributed by atoms with E-state index >= 15 is 0 Å². The molecule has 1 aromatic carbocycles. The van der Waals surface area contributed by atoms with Crippen LogP contribution in [-0.2, 0) is 20.5 Å². The van der Waals surface area contributed by atoms with Crippen molar-refractivity contribution in [3.63, 3.8) is 0 Å². The van der Waals surface area contributed by atoms with Crippen LogP contribution in [0.25, 0.3) is 0 Å². The lowest BCUT2D eigenvalue weighted by molar-refractivity contribution is -0.688. The molecule has 8 nitrogen and oxygen atoms in total. The number of amides is 1. The highest BCUT2D eigenvalue weighted by Crippen LogP contribution is 2.35. The molecule has 1 amide bonds. The van der Waals surface area contributed by atoms with Crippen molar-refractivity contribution >= 4 is 14.7 Å². The van der Waals surface area contributed by atoms with Crippen molar-refractivity contribution in [2.75, 3.05) is 26.4 Å². The van der Waals surface area contributed by atoms with Crippen LogP contribution in [0.4, 0.5) is 4.79 Å². The van der Waals surface area contributed by atoms with Crippen molar-refractivity contribution in [1.29, 1.82) is 0 Å². The fraction of sp³-hybridized carbons (Fsp3) is 0.647. The minimum absolute atomic E-state index is 0.0331. The maximum absolute atomic E-state index is 12.1. The SMILES string of the molecule is CCCCCCCCCCCCCCCCNC(=O)OCC(COP(O)Oc1cccc(C[n+]2ccccc2)c1)OCC. The van der Waals surface area contributed by atoms with Crippen molar-refractivity contribution in [3.8, 4) is 5.75 Å². The van der Waals surface area contributed by atoms with Gasteiger partial charge in [0.25, 0.3) is 0 Å². The topological polar surface area (TPSA) is 90.1 Å². The molecule has 9 heteroatoms. The molecule has 0 radical (unpaired) electrons. The number of pyridine rings is 1. The number of hydrogen-bond acceptors (Lipinski definition) is 6. The van der Waals surface area contributed by atoms with Gasteiger partial charge in [-0.1, -0.05) is 109 Å². The Balaban J connectivity index is 1.50. The van der Waals surface area contributed by atoms with Crippen LogP contribution in [0.5, 0.6) is 5.75 Å². The summed E-state index contributed by atoms with van der Waals surface area (Å²) >= 11 is 0. The van der Waals surface area contributed by atoms with Gasteiger partial charge in [-0.05, 0) is 25.5 Å². The van der Waals surface area contributed by atoms with E-state index in [9.17, 15) is 9.69 Å². The van der Waals surface area contributed by atoms with Crippen LogP contribution in [0, 0.1) is 0 Å². The summed E-state index contributed by atoms with van der Waals surface area (Å²) in [6.07, 6.45) is 21.3. The summed E-state index contributed by atoms with van der Waals surface area (Å²) in [5.74, 6) is 0.523. The lowest BCUT2D eigenvalue weighted by Gasteiger charge is -2.19. The smallest absolute Gasteiger partial charge is 0.407 e. The number of carbonyl (C=O) groups excluding carboxylic acids is 1. The zero-order valence-corrected chi connectivity index (χ0v) is 27.5. The van der Waals surface area contributed by atoms with Crippen LogP contribution in [0.2, 0.25) is 0 Å². The highest BCUT2D eigenvalue weighted by atomic mass is 31.2. The molecule has 1 aromatic heterocycles. The molecule has 0 aliphatic heterocycles. The lowest BCUT2D eigenvalue weighted by Crippen LogP contribution is -2.32. The number of hydrogen-bond donors (Lipinski definition) is 2. The summed E-state index contributed by atoms with van der Waals surface area (Å²) in [7, 11) is -2.17. The molecule has 0 spiro atoms. The second-order valence-electron chi connectivity index (χ2n) is 11.0. The number of carbonyl (C=O) groups is 1. The van der Waals surface area contributed by atoms with Crippen LogP contribution < -0.4 is 14.4 Å². The molecule has 2 unspecified atom stereocenters. The third kappa shape index (κ3) is 19.6. The first kappa shape index (κ1) is 36.9. The van der Waals surface area contributed by atoms with E-state index in [1.807, 2.05) is 55.7 Å². The van der Waals surface area contributed by atoms with Crippen molar-refractivity contribution < 1.29 is 32.8 Å². The van der Waals surface area contributed by atoms with Crippen LogP contribution >= 0.6 is 8.60 Å². The second kappa shape index (κ2) is 25.1. The van der Waals surface area contributed by atoms with Gasteiger partial charge in [-0.3, -0.25) is 4.52 Å². The average molecular weight is 620 g/mol. The molecule has 0 bridgehead atoms.